The fourth-order valence-corrected chi connectivity index (χ4v) is 2.43. The Labute approximate surface area is 174 Å². The number of aromatic nitrogens is 1. The number of amides is 2. The van der Waals surface area contributed by atoms with Crippen molar-refractivity contribution in [2.45, 2.75) is 13.0 Å². The van der Waals surface area contributed by atoms with Gasteiger partial charge in [-0.2, -0.15) is 0 Å². The summed E-state index contributed by atoms with van der Waals surface area (Å²) < 4.78 is 5.10. The molecule has 1 unspecified atom stereocenters. The van der Waals surface area contributed by atoms with Crippen LogP contribution in [0.4, 0.5) is 11.4 Å². The van der Waals surface area contributed by atoms with Crippen LogP contribution in [0.25, 0.3) is 0 Å². The minimum atomic E-state index is -0.413. The number of nitrogens with two attached hydrogens (primary N) is 1. The Morgan fingerprint density at radius 3 is 2.36 bits per heavy atom. The van der Waals surface area contributed by atoms with Gasteiger partial charge in [-0.3, -0.25) is 14.6 Å². The van der Waals surface area contributed by atoms with Crippen molar-refractivity contribution in [1.29, 1.82) is 0 Å². The number of benzene rings is 1. The van der Waals surface area contributed by atoms with E-state index in [9.17, 15) is 9.59 Å². The molecule has 0 aliphatic heterocycles. The van der Waals surface area contributed by atoms with Crippen LogP contribution in [0.15, 0.2) is 65.5 Å². The average molecular weight is 423 g/mol. The van der Waals surface area contributed by atoms with Gasteiger partial charge in [-0.15, -0.1) is 24.8 Å². The smallest absolute Gasteiger partial charge is 0.291 e. The third kappa shape index (κ3) is 5.56. The van der Waals surface area contributed by atoms with E-state index in [4.69, 9.17) is 10.2 Å². The molecule has 2 aromatic heterocycles. The van der Waals surface area contributed by atoms with Gasteiger partial charge in [0.15, 0.2) is 5.76 Å². The fourth-order valence-electron chi connectivity index (χ4n) is 2.43. The van der Waals surface area contributed by atoms with Gasteiger partial charge in [0, 0.05) is 35.4 Å². The number of nitrogens with one attached hydrogen (secondary N) is 2. The van der Waals surface area contributed by atoms with Crippen molar-refractivity contribution in [1.82, 2.24) is 4.98 Å². The molecule has 9 heteroatoms. The van der Waals surface area contributed by atoms with E-state index < -0.39 is 5.91 Å². The molecule has 3 aromatic rings. The quantitative estimate of drug-likeness (QED) is 0.574. The maximum Gasteiger partial charge on any atom is 0.291 e. The highest BCUT2D eigenvalue weighted by Crippen LogP contribution is 2.24. The zero-order chi connectivity index (χ0) is 18.5. The fraction of sp³-hybridized carbons (Fsp3) is 0.105. The largest absolute Gasteiger partial charge is 0.459 e. The first-order valence-electron chi connectivity index (χ1n) is 8.00. The number of carbonyl (C=O) groups excluding carboxylic acids is 2. The monoisotopic (exact) mass is 422 g/mol. The predicted molar refractivity (Wildman–Crippen MR) is 112 cm³/mol. The molecule has 0 radical (unpaired) electrons. The van der Waals surface area contributed by atoms with Gasteiger partial charge < -0.3 is 20.8 Å². The van der Waals surface area contributed by atoms with Crippen LogP contribution in [-0.2, 0) is 0 Å². The second-order valence-corrected chi connectivity index (χ2v) is 5.71. The van der Waals surface area contributed by atoms with Gasteiger partial charge in [-0.1, -0.05) is 6.07 Å². The lowest BCUT2D eigenvalue weighted by Crippen LogP contribution is -2.18. The normalized spacial score (nSPS) is 10.8. The number of hydrogen-bond acceptors (Lipinski definition) is 5. The Hall–Kier alpha value is -2.87. The lowest BCUT2D eigenvalue weighted by atomic mass is 10.0. The van der Waals surface area contributed by atoms with E-state index in [1.807, 2.05) is 0 Å². The van der Waals surface area contributed by atoms with E-state index in [-0.39, 0.29) is 42.5 Å². The Balaban J connectivity index is 0.00000196. The van der Waals surface area contributed by atoms with Crippen LogP contribution < -0.4 is 16.4 Å². The molecule has 4 N–H and O–H groups in total. The van der Waals surface area contributed by atoms with Gasteiger partial charge in [0.25, 0.3) is 11.8 Å². The standard InChI is InChI=1S/C19H18N4O3.2ClH/c1-12(20)15-5-4-13(18(24)22-14-6-8-21-9-7-14)11-16(15)23-19(25)17-3-2-10-26-17;;/h2-12H,20H2,1H3,(H,23,25)(H,21,22,24);2*1H. The molecule has 1 atom stereocenters. The molecule has 0 aliphatic carbocycles. The number of hydrogen-bond donors (Lipinski definition) is 3. The number of pyridine rings is 1. The van der Waals surface area contributed by atoms with E-state index in [1.54, 1.807) is 61.8 Å². The van der Waals surface area contributed by atoms with E-state index in [0.717, 1.165) is 0 Å². The Bertz CT molecular complexity index is 916. The van der Waals surface area contributed by atoms with E-state index in [0.29, 0.717) is 22.5 Å². The second kappa shape index (κ2) is 10.5. The Kier molecular flexibility index (Phi) is 8.66. The molecule has 0 bridgehead atoms. The van der Waals surface area contributed by atoms with E-state index in [1.165, 1.54) is 6.26 Å². The maximum absolute atomic E-state index is 12.5. The van der Waals surface area contributed by atoms with Gasteiger partial charge in [-0.25, -0.2) is 0 Å². The molecule has 28 heavy (non-hydrogen) atoms. The summed E-state index contributed by atoms with van der Waals surface area (Å²) in [4.78, 5) is 28.6. The summed E-state index contributed by atoms with van der Waals surface area (Å²) in [7, 11) is 0. The topological polar surface area (TPSA) is 110 Å². The van der Waals surface area contributed by atoms with Crippen molar-refractivity contribution in [2.75, 3.05) is 10.6 Å². The van der Waals surface area contributed by atoms with Gasteiger partial charge in [0.05, 0.1) is 6.26 Å². The molecule has 3 rings (SSSR count). The number of halogens is 2. The molecular weight excluding hydrogens is 403 g/mol. The summed E-state index contributed by atoms with van der Waals surface area (Å²) in [5.74, 6) is -0.545. The van der Waals surface area contributed by atoms with Crippen molar-refractivity contribution in [3.8, 4) is 0 Å². The zero-order valence-electron chi connectivity index (χ0n) is 14.9. The second-order valence-electron chi connectivity index (χ2n) is 5.71. The van der Waals surface area contributed by atoms with E-state index in [2.05, 4.69) is 15.6 Å². The first kappa shape index (κ1) is 23.2. The van der Waals surface area contributed by atoms with Crippen molar-refractivity contribution < 1.29 is 14.0 Å². The lowest BCUT2D eigenvalue weighted by Gasteiger charge is -2.15. The summed E-state index contributed by atoms with van der Waals surface area (Å²) in [5, 5.41) is 5.52. The molecule has 2 amide bonds. The van der Waals surface area contributed by atoms with Gasteiger partial charge in [-0.05, 0) is 48.9 Å². The molecule has 0 saturated carbocycles. The van der Waals surface area contributed by atoms with Crippen LogP contribution in [-0.4, -0.2) is 16.8 Å². The molecular formula is C19H20Cl2N4O3. The molecule has 7 nitrogen and oxygen atoms in total. The first-order valence-corrected chi connectivity index (χ1v) is 8.00. The SMILES string of the molecule is CC(N)c1ccc(C(=O)Nc2ccncc2)cc1NC(=O)c1ccco1.Cl.Cl. The highest BCUT2D eigenvalue weighted by Gasteiger charge is 2.16. The van der Waals surface area contributed by atoms with Gasteiger partial charge >= 0.3 is 0 Å². The number of nitrogens with zero attached hydrogens (tertiary/aromatic N) is 1. The molecule has 0 saturated heterocycles. The van der Waals surface area contributed by atoms with Crippen molar-refractivity contribution in [2.24, 2.45) is 5.73 Å². The van der Waals surface area contributed by atoms with Gasteiger partial charge in [0.2, 0.25) is 0 Å². The van der Waals surface area contributed by atoms with Crippen molar-refractivity contribution in [3.63, 3.8) is 0 Å². The molecule has 0 fully saturated rings. The van der Waals surface area contributed by atoms with Gasteiger partial charge in [0.1, 0.15) is 0 Å². The first-order chi connectivity index (χ1) is 12.5. The molecule has 0 aliphatic rings. The number of rotatable bonds is 5. The van der Waals surface area contributed by atoms with Crippen LogP contribution in [0, 0.1) is 0 Å². The number of carbonyl (C=O) groups is 2. The third-order valence-electron chi connectivity index (χ3n) is 3.74. The van der Waals surface area contributed by atoms with Crippen LogP contribution in [0.3, 0.4) is 0 Å². The Morgan fingerprint density at radius 2 is 1.75 bits per heavy atom. The summed E-state index contributed by atoms with van der Waals surface area (Å²) in [6.45, 7) is 1.80. The van der Waals surface area contributed by atoms with E-state index >= 15 is 0 Å². The maximum atomic E-state index is 12.5. The van der Waals surface area contributed by atoms with Crippen LogP contribution in [0.1, 0.15) is 39.4 Å². The minimum Gasteiger partial charge on any atom is -0.459 e. The van der Waals surface area contributed by atoms with Crippen LogP contribution in [0.5, 0.6) is 0 Å². The molecule has 0 spiro atoms. The summed E-state index contributed by atoms with van der Waals surface area (Å²) in [5.41, 5.74) is 8.17. The summed E-state index contributed by atoms with van der Waals surface area (Å²) in [6.07, 6.45) is 4.59. The zero-order valence-corrected chi connectivity index (χ0v) is 16.5. The third-order valence-corrected chi connectivity index (χ3v) is 3.74. The molecule has 148 valence electrons. The summed E-state index contributed by atoms with van der Waals surface area (Å²) >= 11 is 0. The lowest BCUT2D eigenvalue weighted by molar-refractivity contribution is 0.0993. The molecule has 2 heterocycles. The minimum absolute atomic E-state index is 0. The molecule has 1 aromatic carbocycles. The highest BCUT2D eigenvalue weighted by molar-refractivity contribution is 6.07. The van der Waals surface area contributed by atoms with Crippen LogP contribution in [0.2, 0.25) is 0 Å². The number of furan rings is 1. The van der Waals surface area contributed by atoms with Crippen LogP contribution >= 0.6 is 24.8 Å². The average Bonchev–Trinajstić information content (AvgIpc) is 3.17. The highest BCUT2D eigenvalue weighted by atomic mass is 35.5. The van der Waals surface area contributed by atoms with Crippen molar-refractivity contribution >= 4 is 48.0 Å². The predicted octanol–water partition coefficient (Wildman–Crippen LogP) is 4.04. The Morgan fingerprint density at radius 1 is 1.04 bits per heavy atom. The summed E-state index contributed by atoms with van der Waals surface area (Å²) in [6, 6.07) is 11.2. The number of anilines is 2. The van der Waals surface area contributed by atoms with Crippen molar-refractivity contribution in [3.05, 3.63) is 78.0 Å².